The van der Waals surface area contributed by atoms with Crippen LogP contribution in [-0.2, 0) is 4.79 Å². The monoisotopic (exact) mass is 284 g/mol. The Morgan fingerprint density at radius 1 is 1.19 bits per heavy atom. The van der Waals surface area contributed by atoms with Crippen LogP contribution < -0.4 is 10.2 Å². The van der Waals surface area contributed by atoms with Gasteiger partial charge >= 0.3 is 0 Å². The molecule has 0 aliphatic carbocycles. The molecular weight excluding hydrogens is 268 g/mol. The van der Waals surface area contributed by atoms with E-state index < -0.39 is 0 Å². The Bertz CT molecular complexity index is 634. The number of hydrogen-bond donors (Lipinski definition) is 2. The highest BCUT2D eigenvalue weighted by Crippen LogP contribution is 2.21. The smallest absolute Gasteiger partial charge is 0.256 e. The Morgan fingerprint density at radius 3 is 2.67 bits per heavy atom. The number of nitrogens with one attached hydrogen (secondary N) is 2. The van der Waals surface area contributed by atoms with Crippen molar-refractivity contribution in [1.29, 1.82) is 0 Å². The van der Waals surface area contributed by atoms with Crippen LogP contribution in [0.1, 0.15) is 29.6 Å². The van der Waals surface area contributed by atoms with Crippen LogP contribution in [0, 0.1) is 0 Å². The number of nitrogens with zero attached hydrogens (tertiary/aromatic N) is 2. The number of aromatic nitrogens is 2. The molecule has 0 unspecified atom stereocenters. The molecule has 1 aromatic heterocycles. The minimum Gasteiger partial charge on any atom is -0.312 e. The number of hydrogen-bond acceptors (Lipinski definition) is 3. The second-order valence-electron chi connectivity index (χ2n) is 4.97. The van der Waals surface area contributed by atoms with Gasteiger partial charge in [0.1, 0.15) is 5.82 Å². The fourth-order valence-corrected chi connectivity index (χ4v) is 2.39. The van der Waals surface area contributed by atoms with Gasteiger partial charge < -0.3 is 10.2 Å². The van der Waals surface area contributed by atoms with Crippen LogP contribution in [0.4, 0.5) is 11.5 Å². The lowest BCUT2D eigenvalue weighted by Gasteiger charge is -2.26. The van der Waals surface area contributed by atoms with E-state index >= 15 is 0 Å². The van der Waals surface area contributed by atoms with E-state index in [1.807, 2.05) is 12.1 Å². The Labute approximate surface area is 122 Å². The summed E-state index contributed by atoms with van der Waals surface area (Å²) in [5.74, 6) is 0.488. The average Bonchev–Trinajstić information content (AvgIpc) is 3.01. The van der Waals surface area contributed by atoms with E-state index in [2.05, 4.69) is 15.5 Å². The molecule has 0 radical (unpaired) electrons. The summed E-state index contributed by atoms with van der Waals surface area (Å²) in [6.07, 6.45) is 4.15. The highest BCUT2D eigenvalue weighted by Gasteiger charge is 2.19. The van der Waals surface area contributed by atoms with Crippen molar-refractivity contribution in [3.8, 4) is 0 Å². The quantitative estimate of drug-likeness (QED) is 0.906. The summed E-state index contributed by atoms with van der Waals surface area (Å²) in [4.78, 5) is 25.7. The molecule has 1 aromatic carbocycles. The molecule has 1 aliphatic rings. The van der Waals surface area contributed by atoms with Crippen molar-refractivity contribution in [2.45, 2.75) is 19.3 Å². The number of rotatable bonds is 3. The molecule has 2 N–H and O–H groups in total. The Kier molecular flexibility index (Phi) is 3.68. The maximum atomic E-state index is 12.0. The summed E-state index contributed by atoms with van der Waals surface area (Å²) in [5.41, 5.74) is 1.38. The Hall–Kier alpha value is -2.63. The number of carbonyl (C=O) groups excluding carboxylic acids is 2. The number of piperidine rings is 1. The molecule has 0 spiro atoms. The Balaban J connectivity index is 1.71. The molecule has 2 heterocycles. The van der Waals surface area contributed by atoms with Crippen molar-refractivity contribution in [3.05, 3.63) is 42.1 Å². The normalized spacial score (nSPS) is 15.0. The third kappa shape index (κ3) is 2.94. The van der Waals surface area contributed by atoms with Crippen LogP contribution in [0.15, 0.2) is 36.5 Å². The molecule has 1 saturated heterocycles. The van der Waals surface area contributed by atoms with E-state index in [9.17, 15) is 9.59 Å². The van der Waals surface area contributed by atoms with Crippen LogP contribution in [0.25, 0.3) is 0 Å². The summed E-state index contributed by atoms with van der Waals surface area (Å²) in [6, 6.07) is 8.75. The molecule has 2 amide bonds. The molecule has 108 valence electrons. The topological polar surface area (TPSA) is 78.1 Å². The third-order valence-corrected chi connectivity index (χ3v) is 3.51. The molecular formula is C15H16N4O2. The zero-order chi connectivity index (χ0) is 14.7. The van der Waals surface area contributed by atoms with E-state index in [0.29, 0.717) is 17.8 Å². The first-order chi connectivity index (χ1) is 10.2. The molecule has 0 atom stereocenters. The van der Waals surface area contributed by atoms with Crippen LogP contribution in [-0.4, -0.2) is 28.6 Å². The van der Waals surface area contributed by atoms with Gasteiger partial charge in [0.25, 0.3) is 5.91 Å². The largest absolute Gasteiger partial charge is 0.312 e. The summed E-state index contributed by atoms with van der Waals surface area (Å²) in [6.45, 7) is 0.749. The van der Waals surface area contributed by atoms with Crippen molar-refractivity contribution in [2.24, 2.45) is 0 Å². The van der Waals surface area contributed by atoms with Gasteiger partial charge in [0, 0.05) is 30.3 Å². The van der Waals surface area contributed by atoms with Gasteiger partial charge in [0.2, 0.25) is 5.91 Å². The van der Waals surface area contributed by atoms with Gasteiger partial charge in [-0.25, -0.2) is 0 Å². The second kappa shape index (κ2) is 5.78. The number of amides is 2. The maximum Gasteiger partial charge on any atom is 0.256 e. The van der Waals surface area contributed by atoms with E-state index in [1.165, 1.54) is 0 Å². The van der Waals surface area contributed by atoms with Gasteiger partial charge in [-0.15, -0.1) is 0 Å². The first-order valence-corrected chi connectivity index (χ1v) is 6.95. The summed E-state index contributed by atoms with van der Waals surface area (Å²) in [7, 11) is 0. The van der Waals surface area contributed by atoms with Crippen LogP contribution in [0.2, 0.25) is 0 Å². The molecule has 3 rings (SSSR count). The first kappa shape index (κ1) is 13.4. The summed E-state index contributed by atoms with van der Waals surface area (Å²) >= 11 is 0. The van der Waals surface area contributed by atoms with Crippen LogP contribution >= 0.6 is 0 Å². The van der Waals surface area contributed by atoms with E-state index in [0.717, 1.165) is 25.1 Å². The molecule has 21 heavy (non-hydrogen) atoms. The third-order valence-electron chi connectivity index (χ3n) is 3.51. The molecule has 6 heteroatoms. The minimum atomic E-state index is -0.212. The SMILES string of the molecule is O=C(Nc1ccn[nH]1)c1ccc(N2CCCCC2=O)cc1. The van der Waals surface area contributed by atoms with Gasteiger partial charge in [-0.2, -0.15) is 5.10 Å². The van der Waals surface area contributed by atoms with Crippen molar-refractivity contribution in [3.63, 3.8) is 0 Å². The maximum absolute atomic E-state index is 12.0. The van der Waals surface area contributed by atoms with Gasteiger partial charge in [0.15, 0.2) is 0 Å². The minimum absolute atomic E-state index is 0.149. The lowest BCUT2D eigenvalue weighted by atomic mass is 10.1. The van der Waals surface area contributed by atoms with Gasteiger partial charge in [-0.3, -0.25) is 14.7 Å². The number of carbonyl (C=O) groups is 2. The highest BCUT2D eigenvalue weighted by molar-refractivity contribution is 6.04. The number of H-pyrrole nitrogens is 1. The summed E-state index contributed by atoms with van der Waals surface area (Å²) < 4.78 is 0. The molecule has 2 aromatic rings. The van der Waals surface area contributed by atoms with Crippen molar-refractivity contribution >= 4 is 23.3 Å². The number of benzene rings is 1. The summed E-state index contributed by atoms with van der Waals surface area (Å²) in [5, 5.41) is 9.15. The van der Waals surface area contributed by atoms with Gasteiger partial charge in [-0.05, 0) is 37.1 Å². The molecule has 0 saturated carbocycles. The van der Waals surface area contributed by atoms with Crippen molar-refractivity contribution < 1.29 is 9.59 Å². The van der Waals surface area contributed by atoms with Crippen LogP contribution in [0.3, 0.4) is 0 Å². The lowest BCUT2D eigenvalue weighted by molar-refractivity contribution is -0.119. The molecule has 0 bridgehead atoms. The van der Waals surface area contributed by atoms with E-state index in [-0.39, 0.29) is 11.8 Å². The zero-order valence-electron chi connectivity index (χ0n) is 11.5. The van der Waals surface area contributed by atoms with Gasteiger partial charge in [-0.1, -0.05) is 0 Å². The molecule has 1 fully saturated rings. The predicted octanol–water partition coefficient (Wildman–Crippen LogP) is 2.18. The molecule has 6 nitrogen and oxygen atoms in total. The van der Waals surface area contributed by atoms with Crippen LogP contribution in [0.5, 0.6) is 0 Å². The van der Waals surface area contributed by atoms with Crippen molar-refractivity contribution in [1.82, 2.24) is 10.2 Å². The van der Waals surface area contributed by atoms with E-state index in [1.54, 1.807) is 29.3 Å². The van der Waals surface area contributed by atoms with Crippen molar-refractivity contribution in [2.75, 3.05) is 16.8 Å². The fourth-order valence-electron chi connectivity index (χ4n) is 2.39. The zero-order valence-corrected chi connectivity index (χ0v) is 11.5. The fraction of sp³-hybridized carbons (Fsp3) is 0.267. The number of aromatic amines is 1. The van der Waals surface area contributed by atoms with E-state index in [4.69, 9.17) is 0 Å². The predicted molar refractivity (Wildman–Crippen MR) is 79.2 cm³/mol. The Morgan fingerprint density at radius 2 is 2.00 bits per heavy atom. The average molecular weight is 284 g/mol. The lowest BCUT2D eigenvalue weighted by Crippen LogP contribution is -2.35. The highest BCUT2D eigenvalue weighted by atomic mass is 16.2. The second-order valence-corrected chi connectivity index (χ2v) is 4.97. The van der Waals surface area contributed by atoms with Gasteiger partial charge in [0.05, 0.1) is 6.20 Å². The standard InChI is InChI=1S/C15H16N4O2/c20-14-3-1-2-10-19(14)12-6-4-11(5-7-12)15(21)17-13-8-9-16-18-13/h4-9H,1-3,10H2,(H2,16,17,18,21). The molecule has 1 aliphatic heterocycles. The first-order valence-electron chi connectivity index (χ1n) is 6.95. The number of anilines is 2.